The fraction of sp³-hybridized carbons (Fsp3) is 0.667. The molecule has 0 radical (unpaired) electrons. The van der Waals surface area contributed by atoms with E-state index in [1.165, 1.54) is 0 Å². The van der Waals surface area contributed by atoms with Gasteiger partial charge in [0.1, 0.15) is 11.6 Å². The summed E-state index contributed by atoms with van der Waals surface area (Å²) in [7, 11) is 0.889. The van der Waals surface area contributed by atoms with E-state index in [4.69, 9.17) is 10.1 Å². The first-order valence-electron chi connectivity index (χ1n) is 3.43. The molecule has 1 aliphatic rings. The quantitative estimate of drug-likeness (QED) is 0.273. The molecule has 68 valence electrons. The minimum atomic E-state index is -0.500. The Morgan fingerprint density at radius 3 is 2.42 bits per heavy atom. The molecule has 0 spiro atoms. The van der Waals surface area contributed by atoms with Gasteiger partial charge in [-0.3, -0.25) is 10.1 Å². The van der Waals surface area contributed by atoms with Crippen LogP contribution in [0.15, 0.2) is 5.70 Å². The average Bonchev–Trinajstić information content (AvgIpc) is 2.05. The van der Waals surface area contributed by atoms with Crippen molar-refractivity contribution < 1.29 is 9.72 Å². The number of nitrogens with zero attached hydrogens (tertiary/aromatic N) is 1. The Kier molecular flexibility index (Phi) is 5.60. The van der Waals surface area contributed by atoms with E-state index in [9.17, 15) is 4.79 Å². The zero-order chi connectivity index (χ0) is 9.40. The first-order chi connectivity index (χ1) is 5.66. The van der Waals surface area contributed by atoms with Crippen molar-refractivity contribution in [3.63, 3.8) is 0 Å². The van der Waals surface area contributed by atoms with Crippen molar-refractivity contribution in [2.75, 3.05) is 26.7 Å². The van der Waals surface area contributed by atoms with Gasteiger partial charge in [0.15, 0.2) is 7.05 Å². The highest BCUT2D eigenvalue weighted by Crippen LogP contribution is 1.81. The number of hydrogen-bond acceptors (Lipinski definition) is 5. The third-order valence-corrected chi connectivity index (χ3v) is 1.07. The normalized spacial score (nSPS) is 14.9. The van der Waals surface area contributed by atoms with Gasteiger partial charge in [-0.25, -0.2) is 4.79 Å². The summed E-state index contributed by atoms with van der Waals surface area (Å²) < 4.78 is 0. The van der Waals surface area contributed by atoms with Crippen LogP contribution < -0.4 is 10.6 Å². The summed E-state index contributed by atoms with van der Waals surface area (Å²) in [6.07, 6.45) is 0. The molecule has 1 fully saturated rings. The number of carbonyl (C=O) groups excluding carboxylic acids is 1. The van der Waals surface area contributed by atoms with E-state index < -0.39 is 4.92 Å². The van der Waals surface area contributed by atoms with E-state index in [2.05, 4.69) is 10.6 Å². The van der Waals surface area contributed by atoms with Crippen molar-refractivity contribution in [2.24, 2.45) is 0 Å². The van der Waals surface area contributed by atoms with Gasteiger partial charge in [-0.05, 0) is 0 Å². The minimum absolute atomic E-state index is 0.500. The minimum Gasteiger partial charge on any atom is -0.377 e. The molecule has 0 unspecified atom stereocenters. The van der Waals surface area contributed by atoms with E-state index in [-0.39, 0.29) is 0 Å². The molecule has 1 heterocycles. The van der Waals surface area contributed by atoms with Crippen LogP contribution in [0.4, 0.5) is 0 Å². The van der Waals surface area contributed by atoms with E-state index in [1.807, 2.05) is 0 Å². The smallest absolute Gasteiger partial charge is 0.194 e. The van der Waals surface area contributed by atoms with Crippen LogP contribution in [-0.2, 0) is 4.79 Å². The van der Waals surface area contributed by atoms with Crippen molar-refractivity contribution in [1.82, 2.24) is 10.6 Å². The van der Waals surface area contributed by atoms with Crippen LogP contribution in [0, 0.1) is 10.1 Å². The number of rotatable bonds is 0. The zero-order valence-electron chi connectivity index (χ0n) is 6.79. The Hall–Kier alpha value is -1.39. The summed E-state index contributed by atoms with van der Waals surface area (Å²) in [5.74, 6) is 1.80. The fourth-order valence-electron chi connectivity index (χ4n) is 0.650. The van der Waals surface area contributed by atoms with Crippen LogP contribution in [0.1, 0.15) is 0 Å². The van der Waals surface area contributed by atoms with E-state index >= 15 is 0 Å². The van der Waals surface area contributed by atoms with Gasteiger partial charge in [-0.2, -0.15) is 0 Å². The SMILES string of the molecule is C[N+](=O)[O-].O=C=C1CNCCN1. The second-order valence-electron chi connectivity index (χ2n) is 2.12. The lowest BCUT2D eigenvalue weighted by atomic mass is 10.4. The van der Waals surface area contributed by atoms with Gasteiger partial charge in [0.05, 0.1) is 0 Å². The van der Waals surface area contributed by atoms with Gasteiger partial charge >= 0.3 is 0 Å². The van der Waals surface area contributed by atoms with Crippen molar-refractivity contribution >= 4 is 5.94 Å². The molecule has 1 aliphatic heterocycles. The van der Waals surface area contributed by atoms with Crippen molar-refractivity contribution in [3.05, 3.63) is 15.8 Å². The van der Waals surface area contributed by atoms with E-state index in [0.717, 1.165) is 20.1 Å². The Labute approximate surface area is 69.8 Å². The third-order valence-electron chi connectivity index (χ3n) is 1.07. The van der Waals surface area contributed by atoms with Crippen molar-refractivity contribution in [3.8, 4) is 0 Å². The van der Waals surface area contributed by atoms with Crippen molar-refractivity contribution in [2.45, 2.75) is 0 Å². The molecular formula is C6H11N3O3. The lowest BCUT2D eigenvalue weighted by molar-refractivity contribution is -0.445. The fourth-order valence-corrected chi connectivity index (χ4v) is 0.650. The highest BCUT2D eigenvalue weighted by Gasteiger charge is 2.00. The Balaban J connectivity index is 0.000000261. The summed E-state index contributed by atoms with van der Waals surface area (Å²) in [6, 6.07) is 0. The van der Waals surface area contributed by atoms with Gasteiger partial charge < -0.3 is 10.6 Å². The Bertz CT molecular complexity index is 186. The molecule has 1 rings (SSSR count). The predicted molar refractivity (Wildman–Crippen MR) is 43.0 cm³/mol. The molecule has 0 aromatic carbocycles. The molecule has 0 bridgehead atoms. The monoisotopic (exact) mass is 173 g/mol. The summed E-state index contributed by atoms with van der Waals surface area (Å²) in [4.78, 5) is 18.2. The first-order valence-corrected chi connectivity index (χ1v) is 3.43. The Morgan fingerprint density at radius 1 is 1.58 bits per heavy atom. The molecule has 2 N–H and O–H groups in total. The number of nitro groups is 1. The molecule has 0 aromatic rings. The van der Waals surface area contributed by atoms with Crippen LogP contribution in [0.2, 0.25) is 0 Å². The maximum atomic E-state index is 9.90. The van der Waals surface area contributed by atoms with Gasteiger partial charge in [-0.1, -0.05) is 0 Å². The summed E-state index contributed by atoms with van der Waals surface area (Å²) in [5, 5.41) is 14.7. The molecule has 0 amide bonds. The summed E-state index contributed by atoms with van der Waals surface area (Å²) >= 11 is 0. The molecular weight excluding hydrogens is 162 g/mol. The molecule has 0 atom stereocenters. The largest absolute Gasteiger partial charge is 0.377 e. The molecule has 6 heteroatoms. The van der Waals surface area contributed by atoms with Crippen LogP contribution in [0.25, 0.3) is 0 Å². The van der Waals surface area contributed by atoms with Gasteiger partial charge in [0.2, 0.25) is 0 Å². The third kappa shape index (κ3) is 6.73. The number of nitrogens with one attached hydrogen (secondary N) is 2. The zero-order valence-corrected chi connectivity index (χ0v) is 6.79. The van der Waals surface area contributed by atoms with E-state index in [0.29, 0.717) is 12.2 Å². The van der Waals surface area contributed by atoms with Crippen LogP contribution in [0.3, 0.4) is 0 Å². The standard InChI is InChI=1S/C5H8N2O.CH3NO2/c8-4-5-3-6-1-2-7-5;1-2(3)4/h6-7H,1-3H2;1H3. The molecule has 0 aliphatic carbocycles. The molecule has 12 heavy (non-hydrogen) atoms. The molecule has 0 aromatic heterocycles. The predicted octanol–water partition coefficient (Wildman–Crippen LogP) is -1.21. The van der Waals surface area contributed by atoms with Crippen LogP contribution in [0.5, 0.6) is 0 Å². The maximum Gasteiger partial charge on any atom is 0.194 e. The maximum absolute atomic E-state index is 9.90. The summed E-state index contributed by atoms with van der Waals surface area (Å²) in [6.45, 7) is 2.42. The second-order valence-corrected chi connectivity index (χ2v) is 2.12. The van der Waals surface area contributed by atoms with Crippen LogP contribution in [-0.4, -0.2) is 37.5 Å². The van der Waals surface area contributed by atoms with Crippen LogP contribution >= 0.6 is 0 Å². The van der Waals surface area contributed by atoms with E-state index in [1.54, 1.807) is 5.94 Å². The lowest BCUT2D eigenvalue weighted by Crippen LogP contribution is -2.38. The highest BCUT2D eigenvalue weighted by atomic mass is 16.6. The topological polar surface area (TPSA) is 84.3 Å². The average molecular weight is 173 g/mol. The van der Waals surface area contributed by atoms with Gasteiger partial charge in [-0.15, -0.1) is 0 Å². The van der Waals surface area contributed by atoms with Gasteiger partial charge in [0, 0.05) is 24.6 Å². The molecule has 1 saturated heterocycles. The molecule has 6 nitrogen and oxygen atoms in total. The highest BCUT2D eigenvalue weighted by molar-refractivity contribution is 5.52. The number of piperazine rings is 1. The molecule has 0 saturated carbocycles. The lowest BCUT2D eigenvalue weighted by Gasteiger charge is -2.13. The summed E-state index contributed by atoms with van der Waals surface area (Å²) in [5.41, 5.74) is 0.635. The Morgan fingerprint density at radius 2 is 2.17 bits per heavy atom. The first kappa shape index (κ1) is 10.6. The van der Waals surface area contributed by atoms with Crippen molar-refractivity contribution in [1.29, 1.82) is 0 Å². The second kappa shape index (κ2) is 6.33. The van der Waals surface area contributed by atoms with Gasteiger partial charge in [0.25, 0.3) is 0 Å². The number of hydrogen-bond donors (Lipinski definition) is 2.